The molecule has 1 aliphatic rings. The Bertz CT molecular complexity index is 1510. The van der Waals surface area contributed by atoms with Gasteiger partial charge in [-0.15, -0.1) is 4.83 Å². The summed E-state index contributed by atoms with van der Waals surface area (Å²) in [6.45, 7) is 1.81. The minimum Gasteiger partial charge on any atom is -0.857 e. The lowest BCUT2D eigenvalue weighted by Gasteiger charge is -2.29. The van der Waals surface area contributed by atoms with Gasteiger partial charge in [0.05, 0.1) is 32.6 Å². The van der Waals surface area contributed by atoms with E-state index >= 15 is 0 Å². The lowest BCUT2D eigenvalue weighted by molar-refractivity contribution is -0.384. The molecule has 0 saturated carbocycles. The fourth-order valence-corrected chi connectivity index (χ4v) is 4.48. The number of non-ortho nitro benzene ring substituents is 1. The molecule has 3 aromatic carbocycles. The van der Waals surface area contributed by atoms with Crippen molar-refractivity contribution in [3.05, 3.63) is 104 Å². The highest BCUT2D eigenvalue weighted by molar-refractivity contribution is 7.89. The molecule has 1 atom stereocenters. The van der Waals surface area contributed by atoms with Gasteiger partial charge in [0, 0.05) is 28.6 Å². The van der Waals surface area contributed by atoms with Crippen molar-refractivity contribution in [2.45, 2.75) is 17.9 Å². The van der Waals surface area contributed by atoms with Gasteiger partial charge >= 0.3 is 0 Å². The number of fused-ring (bicyclic) bond motifs is 1. The number of halogens is 1. The second-order valence-corrected chi connectivity index (χ2v) is 9.85. The number of aliphatic imine (C=N–C) groups is 1. The third-order valence-electron chi connectivity index (χ3n) is 5.28. The van der Waals surface area contributed by atoms with Crippen molar-refractivity contribution in [1.29, 1.82) is 0 Å². The van der Waals surface area contributed by atoms with Gasteiger partial charge in [-0.1, -0.05) is 47.5 Å². The predicted octanol–water partition coefficient (Wildman–Crippen LogP) is 2.80. The average Bonchev–Trinajstić information content (AvgIpc) is 2.84. The number of aliphatic hydroxyl groups is 1. The number of nitrogens with one attached hydrogen (secondary N) is 3. The molecule has 4 rings (SSSR count). The van der Waals surface area contributed by atoms with E-state index in [1.807, 2.05) is 0 Å². The van der Waals surface area contributed by atoms with Gasteiger partial charge in [-0.25, -0.2) is 8.42 Å². The van der Waals surface area contributed by atoms with E-state index in [1.165, 1.54) is 36.4 Å². The molecular weight excluding hydrogens is 510 g/mol. The number of benzene rings is 3. The molecule has 186 valence electrons. The van der Waals surface area contributed by atoms with Crippen LogP contribution in [0.25, 0.3) is 0 Å². The lowest BCUT2D eigenvalue weighted by atomic mass is 10.0. The fraction of sp³-hybridized carbons (Fsp3) is 0.0870. The number of nitro benzene ring substituents is 1. The maximum absolute atomic E-state index is 12.9. The molecule has 0 amide bonds. The predicted molar refractivity (Wildman–Crippen MR) is 132 cm³/mol. The summed E-state index contributed by atoms with van der Waals surface area (Å²) in [7, 11) is -4.11. The first kappa shape index (κ1) is 25.1. The molecule has 1 unspecified atom stereocenters. The second kappa shape index (κ2) is 9.95. The molecule has 0 saturated heterocycles. The van der Waals surface area contributed by atoms with Crippen LogP contribution in [0.15, 0.2) is 88.0 Å². The molecule has 0 aromatic heterocycles. The number of nitrogens with zero attached hydrogens (tertiary/aromatic N) is 2. The van der Waals surface area contributed by atoms with Crippen LogP contribution in [0.3, 0.4) is 0 Å². The van der Waals surface area contributed by atoms with Gasteiger partial charge in [-0.3, -0.25) is 15.1 Å². The first-order chi connectivity index (χ1) is 17.1. The van der Waals surface area contributed by atoms with E-state index in [0.29, 0.717) is 0 Å². The highest BCUT2D eigenvalue weighted by Crippen LogP contribution is 2.36. The van der Waals surface area contributed by atoms with Gasteiger partial charge in [0.2, 0.25) is 0 Å². The summed E-state index contributed by atoms with van der Waals surface area (Å²) < 4.78 is 25.7. The average molecular weight is 529 g/mol. The molecule has 0 aliphatic carbocycles. The van der Waals surface area contributed by atoms with Crippen molar-refractivity contribution in [1.82, 2.24) is 10.3 Å². The largest absolute Gasteiger partial charge is 0.857 e. The normalized spacial score (nSPS) is 15.2. The zero-order valence-electron chi connectivity index (χ0n) is 18.6. The van der Waals surface area contributed by atoms with Crippen LogP contribution in [0.1, 0.15) is 17.2 Å². The summed E-state index contributed by atoms with van der Waals surface area (Å²) in [4.78, 5) is 16.4. The zero-order valence-corrected chi connectivity index (χ0v) is 20.2. The maximum atomic E-state index is 12.9. The molecule has 0 radical (unpaired) electrons. The summed E-state index contributed by atoms with van der Waals surface area (Å²) in [5, 5.41) is 38.1. The van der Waals surface area contributed by atoms with E-state index in [4.69, 9.17) is 11.6 Å². The van der Waals surface area contributed by atoms with Gasteiger partial charge in [0.1, 0.15) is 6.10 Å². The topological polar surface area (TPSA) is 169 Å². The second-order valence-electron chi connectivity index (χ2n) is 7.76. The first-order valence-electron chi connectivity index (χ1n) is 10.4. The van der Waals surface area contributed by atoms with Crippen molar-refractivity contribution in [2.75, 3.05) is 5.32 Å². The van der Waals surface area contributed by atoms with Crippen LogP contribution in [-0.4, -0.2) is 24.3 Å². The van der Waals surface area contributed by atoms with E-state index in [9.17, 15) is 28.7 Å². The first-order valence-corrected chi connectivity index (χ1v) is 12.3. The van der Waals surface area contributed by atoms with Gasteiger partial charge in [0.15, 0.2) is 0 Å². The molecular formula is C23H19ClN5O6S-. The monoisotopic (exact) mass is 528 g/mol. The van der Waals surface area contributed by atoms with Crippen LogP contribution >= 0.6 is 11.6 Å². The lowest BCUT2D eigenvalue weighted by Crippen LogP contribution is -2.42. The third-order valence-corrected chi connectivity index (χ3v) is 6.89. The fourth-order valence-electron chi connectivity index (χ4n) is 3.39. The number of aliphatic hydroxyl groups excluding tert-OH is 1. The number of anilines is 1. The summed E-state index contributed by atoms with van der Waals surface area (Å²) in [5.41, 5.74) is 2.92. The molecule has 11 nitrogen and oxygen atoms in total. The minimum atomic E-state index is -4.11. The van der Waals surface area contributed by atoms with Crippen LogP contribution in [0, 0.1) is 17.0 Å². The van der Waals surface area contributed by atoms with Crippen molar-refractivity contribution in [3.8, 4) is 0 Å². The number of hydrazine groups is 1. The highest BCUT2D eigenvalue weighted by atomic mass is 35.5. The van der Waals surface area contributed by atoms with E-state index in [1.54, 1.807) is 31.2 Å². The maximum Gasteiger partial charge on any atom is 0.271 e. The van der Waals surface area contributed by atoms with E-state index < -0.39 is 26.9 Å². The van der Waals surface area contributed by atoms with E-state index in [2.05, 4.69) is 20.6 Å². The molecule has 0 fully saturated rings. The minimum absolute atomic E-state index is 0.0183. The number of hydrogen-bond donors (Lipinski definition) is 4. The third kappa shape index (κ3) is 5.16. The molecule has 1 heterocycles. The number of rotatable bonds is 7. The quantitative estimate of drug-likeness (QED) is 0.268. The number of sulfonamides is 1. The van der Waals surface area contributed by atoms with Crippen molar-refractivity contribution >= 4 is 44.6 Å². The summed E-state index contributed by atoms with van der Waals surface area (Å²) in [5.74, 6) is -0.897. The Kier molecular flexibility index (Phi) is 6.95. The molecule has 0 spiro atoms. The molecule has 1 aliphatic heterocycles. The van der Waals surface area contributed by atoms with Crippen LogP contribution in [0.4, 0.5) is 17.1 Å². The number of nitro groups is 1. The van der Waals surface area contributed by atoms with Gasteiger partial charge in [-0.2, -0.15) is 0 Å². The summed E-state index contributed by atoms with van der Waals surface area (Å²) in [6.07, 6.45) is -1.58. The van der Waals surface area contributed by atoms with Crippen molar-refractivity contribution in [3.63, 3.8) is 0 Å². The van der Waals surface area contributed by atoms with Gasteiger partial charge in [-0.05, 0) is 31.2 Å². The smallest absolute Gasteiger partial charge is 0.271 e. The number of hydrogen-bond acceptors (Lipinski definition) is 9. The van der Waals surface area contributed by atoms with E-state index in [-0.39, 0.29) is 43.9 Å². The van der Waals surface area contributed by atoms with Crippen LogP contribution in [0.2, 0.25) is 5.02 Å². The van der Waals surface area contributed by atoms with E-state index in [0.717, 1.165) is 11.6 Å². The molecule has 36 heavy (non-hydrogen) atoms. The SMILES string of the molecule is Cc1ccc(S(=O)(=O)NNC(=C2Nc3ccc([N+](=O)[O-])cc3N=C2[O-])C(O)c2ccccc2Cl)cc1. The zero-order chi connectivity index (χ0) is 26.0. The highest BCUT2D eigenvalue weighted by Gasteiger charge is 2.26. The van der Waals surface area contributed by atoms with Gasteiger partial charge < -0.3 is 21.0 Å². The Labute approximate surface area is 210 Å². The van der Waals surface area contributed by atoms with Crippen LogP contribution in [0.5, 0.6) is 0 Å². The van der Waals surface area contributed by atoms with Crippen LogP contribution in [-0.2, 0) is 10.0 Å². The Morgan fingerprint density at radius 3 is 2.50 bits per heavy atom. The summed E-state index contributed by atoms with van der Waals surface area (Å²) in [6, 6.07) is 16.0. The summed E-state index contributed by atoms with van der Waals surface area (Å²) >= 11 is 6.23. The Hall–Kier alpha value is -3.97. The standard InChI is InChI=1S/C23H20ClN5O6S/c1-13-6-9-15(10-7-13)36(34,35)28-27-20(22(30)16-4-2-3-5-17(16)24)21-23(31)26-19-12-14(29(32)33)8-11-18(19)25-21/h2-12,22,25,27-28,30H,1H3,(H,26,31)/p-1. The molecule has 13 heteroatoms. The Morgan fingerprint density at radius 2 is 1.83 bits per heavy atom. The molecule has 0 bridgehead atoms. The molecule has 4 N–H and O–H groups in total. The number of aryl methyl sites for hydroxylation is 1. The molecule has 3 aromatic rings. The van der Waals surface area contributed by atoms with Gasteiger partial charge in [0.25, 0.3) is 15.7 Å². The Balaban J connectivity index is 1.76. The Morgan fingerprint density at radius 1 is 1.14 bits per heavy atom. The van der Waals surface area contributed by atoms with Crippen LogP contribution < -0.4 is 20.7 Å². The van der Waals surface area contributed by atoms with Crippen molar-refractivity contribution in [2.24, 2.45) is 4.99 Å². The van der Waals surface area contributed by atoms with Crippen molar-refractivity contribution < 1.29 is 23.6 Å².